The van der Waals surface area contributed by atoms with Crippen molar-refractivity contribution in [1.29, 1.82) is 0 Å². The van der Waals surface area contributed by atoms with Gasteiger partial charge in [0.2, 0.25) is 0 Å². The Bertz CT molecular complexity index is 568. The van der Waals surface area contributed by atoms with Gasteiger partial charge in [0.05, 0.1) is 0 Å². The van der Waals surface area contributed by atoms with E-state index in [4.69, 9.17) is 9.05 Å². The van der Waals surface area contributed by atoms with Gasteiger partial charge in [0.25, 0.3) is 0 Å². The number of phosphoric ester groups is 1. The average Bonchev–Trinajstić information content (AvgIpc) is 2.28. The molecule has 0 amide bonds. The Morgan fingerprint density at radius 3 is 2.22 bits per heavy atom. The molecule has 1 unspecified atom stereocenters. The lowest BCUT2D eigenvalue weighted by Crippen LogP contribution is -1.99. The zero-order valence-corrected chi connectivity index (χ0v) is 10.7. The van der Waals surface area contributed by atoms with Gasteiger partial charge in [-0.05, 0) is 36.8 Å². The van der Waals surface area contributed by atoms with E-state index in [1.807, 2.05) is 13.0 Å². The fraction of sp³-hybridized carbons (Fsp3) is 0.0769. The van der Waals surface area contributed by atoms with Crippen molar-refractivity contribution < 1.29 is 18.5 Å². The van der Waals surface area contributed by atoms with Gasteiger partial charge >= 0.3 is 7.82 Å². The van der Waals surface area contributed by atoms with E-state index in [1.165, 1.54) is 0 Å². The van der Waals surface area contributed by atoms with Gasteiger partial charge in [-0.1, -0.05) is 30.3 Å². The third kappa shape index (κ3) is 3.62. The average molecular weight is 264 g/mol. The molecule has 5 heteroatoms. The largest absolute Gasteiger partial charge is 0.584 e. The Hall–Kier alpha value is -1.77. The predicted molar refractivity (Wildman–Crippen MR) is 68.7 cm³/mol. The second kappa shape index (κ2) is 5.25. The number of para-hydroxylation sites is 1. The molecule has 0 bridgehead atoms. The van der Waals surface area contributed by atoms with Crippen LogP contribution in [0.15, 0.2) is 54.6 Å². The van der Waals surface area contributed by atoms with Crippen molar-refractivity contribution >= 4 is 7.82 Å². The van der Waals surface area contributed by atoms with Gasteiger partial charge < -0.3 is 9.05 Å². The lowest BCUT2D eigenvalue weighted by Gasteiger charge is -2.13. The molecule has 0 aromatic heterocycles. The first-order valence-corrected chi connectivity index (χ1v) is 6.88. The summed E-state index contributed by atoms with van der Waals surface area (Å²) < 4.78 is 21.7. The Labute approximate surface area is 105 Å². The van der Waals surface area contributed by atoms with E-state index >= 15 is 0 Å². The van der Waals surface area contributed by atoms with Gasteiger partial charge in [-0.15, -0.1) is 0 Å². The predicted octanol–water partition coefficient (Wildman–Crippen LogP) is 3.55. The van der Waals surface area contributed by atoms with Crippen LogP contribution in [0.25, 0.3) is 0 Å². The summed E-state index contributed by atoms with van der Waals surface area (Å²) in [5.41, 5.74) is 0.937. The van der Waals surface area contributed by atoms with Gasteiger partial charge in [-0.25, -0.2) is 4.57 Å². The third-order valence-electron chi connectivity index (χ3n) is 2.17. The van der Waals surface area contributed by atoms with Crippen molar-refractivity contribution in [3.05, 3.63) is 60.2 Å². The molecule has 0 saturated carbocycles. The first-order chi connectivity index (χ1) is 8.55. The molecule has 1 atom stereocenters. The SMILES string of the molecule is Cc1cccc(OP(=O)(O)Oc2ccccc2)c1. The highest BCUT2D eigenvalue weighted by Crippen LogP contribution is 2.44. The highest BCUT2D eigenvalue weighted by Gasteiger charge is 2.24. The molecule has 0 fully saturated rings. The van der Waals surface area contributed by atoms with Crippen molar-refractivity contribution in [1.82, 2.24) is 0 Å². The van der Waals surface area contributed by atoms with Gasteiger partial charge in [0, 0.05) is 0 Å². The number of hydrogen-bond acceptors (Lipinski definition) is 3. The van der Waals surface area contributed by atoms with Crippen LogP contribution >= 0.6 is 7.82 Å². The van der Waals surface area contributed by atoms with E-state index in [9.17, 15) is 9.46 Å². The van der Waals surface area contributed by atoms with Crippen LogP contribution in [-0.4, -0.2) is 4.89 Å². The summed E-state index contributed by atoms with van der Waals surface area (Å²) in [6, 6.07) is 15.3. The maximum atomic E-state index is 11.8. The van der Waals surface area contributed by atoms with E-state index in [-0.39, 0.29) is 5.75 Å². The molecule has 0 aliphatic rings. The van der Waals surface area contributed by atoms with Crippen molar-refractivity contribution in [2.75, 3.05) is 0 Å². The summed E-state index contributed by atoms with van der Waals surface area (Å²) in [6.07, 6.45) is 0. The Morgan fingerprint density at radius 1 is 0.944 bits per heavy atom. The molecule has 0 aliphatic carbocycles. The molecule has 94 valence electrons. The summed E-state index contributed by atoms with van der Waals surface area (Å²) in [5, 5.41) is 0. The zero-order valence-electron chi connectivity index (χ0n) is 9.82. The molecular weight excluding hydrogens is 251 g/mol. The summed E-state index contributed by atoms with van der Waals surface area (Å²) in [5.74, 6) is 0.591. The number of benzene rings is 2. The van der Waals surface area contributed by atoms with Crippen LogP contribution in [-0.2, 0) is 4.57 Å². The van der Waals surface area contributed by atoms with Gasteiger partial charge in [0.1, 0.15) is 11.5 Å². The third-order valence-corrected chi connectivity index (χ3v) is 3.06. The van der Waals surface area contributed by atoms with Crippen molar-refractivity contribution in [3.63, 3.8) is 0 Å². The van der Waals surface area contributed by atoms with Crippen LogP contribution in [0.5, 0.6) is 11.5 Å². The van der Waals surface area contributed by atoms with Gasteiger partial charge in [-0.2, -0.15) is 0 Å². The minimum atomic E-state index is -4.16. The molecule has 0 spiro atoms. The van der Waals surface area contributed by atoms with Crippen LogP contribution < -0.4 is 9.05 Å². The summed E-state index contributed by atoms with van der Waals surface area (Å²) >= 11 is 0. The van der Waals surface area contributed by atoms with Crippen LogP contribution in [0.3, 0.4) is 0 Å². The minimum absolute atomic E-state index is 0.288. The molecule has 0 saturated heterocycles. The maximum Gasteiger partial charge on any atom is 0.584 e. The topological polar surface area (TPSA) is 55.8 Å². The molecule has 0 radical (unpaired) electrons. The second-order valence-electron chi connectivity index (χ2n) is 3.78. The Kier molecular flexibility index (Phi) is 3.70. The quantitative estimate of drug-likeness (QED) is 0.858. The van der Waals surface area contributed by atoms with Crippen molar-refractivity contribution in [3.8, 4) is 11.5 Å². The monoisotopic (exact) mass is 264 g/mol. The molecule has 1 N–H and O–H groups in total. The molecule has 0 aliphatic heterocycles. The molecule has 4 nitrogen and oxygen atoms in total. The standard InChI is InChI=1S/C13H13O4P/c1-11-6-5-9-13(10-11)17-18(14,15)16-12-7-3-2-4-8-12/h2-10H,1H3,(H,14,15). The smallest absolute Gasteiger partial charge is 0.395 e. The number of hydrogen-bond donors (Lipinski definition) is 1. The zero-order chi connectivity index (χ0) is 13.0. The Balaban J connectivity index is 2.10. The van der Waals surface area contributed by atoms with Crippen LogP contribution in [0.4, 0.5) is 0 Å². The summed E-state index contributed by atoms with van der Waals surface area (Å²) in [7, 11) is -4.16. The van der Waals surface area contributed by atoms with Crippen molar-refractivity contribution in [2.45, 2.75) is 6.92 Å². The molecule has 18 heavy (non-hydrogen) atoms. The minimum Gasteiger partial charge on any atom is -0.395 e. The van der Waals surface area contributed by atoms with Gasteiger partial charge in [-0.3, -0.25) is 4.89 Å². The number of rotatable bonds is 4. The lowest BCUT2D eigenvalue weighted by molar-refractivity contribution is 0.291. The second-order valence-corrected chi connectivity index (χ2v) is 5.08. The van der Waals surface area contributed by atoms with Crippen LogP contribution in [0.2, 0.25) is 0 Å². The van der Waals surface area contributed by atoms with Crippen molar-refractivity contribution in [2.24, 2.45) is 0 Å². The molecule has 2 aromatic carbocycles. The Morgan fingerprint density at radius 2 is 1.56 bits per heavy atom. The lowest BCUT2D eigenvalue weighted by atomic mass is 10.2. The summed E-state index contributed by atoms with van der Waals surface area (Å²) in [4.78, 5) is 9.62. The van der Waals surface area contributed by atoms with E-state index in [1.54, 1.807) is 48.5 Å². The van der Waals surface area contributed by atoms with E-state index in [2.05, 4.69) is 0 Å². The highest BCUT2D eigenvalue weighted by molar-refractivity contribution is 7.48. The molecule has 2 rings (SSSR count). The maximum absolute atomic E-state index is 11.8. The molecule has 2 aromatic rings. The molecular formula is C13H13O4P. The fourth-order valence-electron chi connectivity index (χ4n) is 1.44. The number of phosphoric acid groups is 1. The highest BCUT2D eigenvalue weighted by atomic mass is 31.2. The first-order valence-electron chi connectivity index (χ1n) is 5.39. The van der Waals surface area contributed by atoms with E-state index < -0.39 is 7.82 Å². The molecule has 0 heterocycles. The summed E-state index contributed by atoms with van der Waals surface area (Å²) in [6.45, 7) is 1.87. The van der Waals surface area contributed by atoms with E-state index in [0.717, 1.165) is 5.56 Å². The van der Waals surface area contributed by atoms with E-state index in [0.29, 0.717) is 5.75 Å². The van der Waals surface area contributed by atoms with Crippen LogP contribution in [0.1, 0.15) is 5.56 Å². The van der Waals surface area contributed by atoms with Crippen LogP contribution in [0, 0.1) is 6.92 Å². The fourth-order valence-corrected chi connectivity index (χ4v) is 2.24. The van der Waals surface area contributed by atoms with Gasteiger partial charge in [0.15, 0.2) is 0 Å². The first kappa shape index (κ1) is 12.7. The number of aryl methyl sites for hydroxylation is 1. The normalized spacial score (nSPS) is 13.7.